The van der Waals surface area contributed by atoms with Crippen molar-refractivity contribution in [1.29, 1.82) is 0 Å². The molecule has 0 bridgehead atoms. The fourth-order valence-corrected chi connectivity index (χ4v) is 4.97. The molecular weight excluding hydrogens is 463 g/mol. The minimum atomic E-state index is -1.25. The molecule has 34 heavy (non-hydrogen) atoms. The Labute approximate surface area is 195 Å². The number of halogens is 2. The maximum atomic E-state index is 15.1. The van der Waals surface area contributed by atoms with E-state index in [1.165, 1.54) is 16.8 Å². The third-order valence-corrected chi connectivity index (χ3v) is 6.55. The number of H-pyrrole nitrogens is 2. The van der Waals surface area contributed by atoms with Crippen molar-refractivity contribution in [3.05, 3.63) is 80.7 Å². The maximum Gasteiger partial charge on any atom is 0.353 e. The average molecular weight is 479 g/mol. The smallest absolute Gasteiger partial charge is 0.353 e. The summed E-state index contributed by atoms with van der Waals surface area (Å²) in [6.45, 7) is 0.340. The molecule has 0 saturated heterocycles. The van der Waals surface area contributed by atoms with Gasteiger partial charge < -0.3 is 19.4 Å². The van der Waals surface area contributed by atoms with E-state index in [0.717, 1.165) is 0 Å². The molecule has 1 aliphatic rings. The molecule has 3 aromatic heterocycles. The number of hydrogen-bond acceptors (Lipinski definition) is 4. The van der Waals surface area contributed by atoms with Gasteiger partial charge in [-0.1, -0.05) is 17.7 Å². The number of aromatic carboxylic acids is 1. The van der Waals surface area contributed by atoms with Crippen LogP contribution in [-0.4, -0.2) is 37.4 Å². The quantitative estimate of drug-likeness (QED) is 0.355. The number of aromatic amines is 2. The van der Waals surface area contributed by atoms with Crippen LogP contribution in [0.3, 0.4) is 0 Å². The van der Waals surface area contributed by atoms with Crippen molar-refractivity contribution < 1.29 is 19.0 Å². The second kappa shape index (κ2) is 7.46. The highest BCUT2D eigenvalue weighted by Gasteiger charge is 2.32. The van der Waals surface area contributed by atoms with Gasteiger partial charge in [-0.15, -0.1) is 0 Å². The van der Waals surface area contributed by atoms with E-state index in [1.54, 1.807) is 30.5 Å². The predicted molar refractivity (Wildman–Crippen MR) is 124 cm³/mol. The lowest BCUT2D eigenvalue weighted by Crippen LogP contribution is -2.13. The monoisotopic (exact) mass is 478 g/mol. The van der Waals surface area contributed by atoms with E-state index >= 15 is 4.39 Å². The summed E-state index contributed by atoms with van der Waals surface area (Å²) in [4.78, 5) is 28.0. The van der Waals surface area contributed by atoms with Crippen LogP contribution in [0.1, 0.15) is 21.6 Å². The van der Waals surface area contributed by atoms with E-state index in [2.05, 4.69) is 15.2 Å². The second-order valence-electron chi connectivity index (χ2n) is 8.05. The van der Waals surface area contributed by atoms with E-state index in [1.807, 2.05) is 0 Å². The van der Waals surface area contributed by atoms with Crippen molar-refractivity contribution in [2.75, 3.05) is 6.61 Å². The molecule has 0 aliphatic carbocycles. The Kier molecular flexibility index (Phi) is 4.50. The molecule has 6 rings (SSSR count). The van der Waals surface area contributed by atoms with E-state index in [0.29, 0.717) is 44.4 Å². The molecule has 3 N–H and O–H groups in total. The predicted octanol–water partition coefficient (Wildman–Crippen LogP) is 4.35. The van der Waals surface area contributed by atoms with Crippen LogP contribution in [0.25, 0.3) is 32.9 Å². The highest BCUT2D eigenvalue weighted by molar-refractivity contribution is 6.35. The first-order valence-electron chi connectivity index (χ1n) is 10.5. The topological polar surface area (TPSA) is 113 Å². The van der Waals surface area contributed by atoms with Crippen molar-refractivity contribution in [2.24, 2.45) is 0 Å². The highest BCUT2D eigenvalue weighted by Crippen LogP contribution is 2.44. The minimum Gasteiger partial charge on any atom is -0.492 e. The summed E-state index contributed by atoms with van der Waals surface area (Å²) in [6, 6.07) is 7.94. The Morgan fingerprint density at radius 2 is 2.18 bits per heavy atom. The van der Waals surface area contributed by atoms with Gasteiger partial charge in [0.05, 0.1) is 46.4 Å². The molecule has 5 aromatic rings. The first kappa shape index (κ1) is 20.5. The van der Waals surface area contributed by atoms with Crippen LogP contribution in [0, 0.1) is 5.82 Å². The van der Waals surface area contributed by atoms with Gasteiger partial charge in [0.15, 0.2) is 0 Å². The Bertz CT molecular complexity index is 1700. The number of benzene rings is 2. The van der Waals surface area contributed by atoms with Crippen LogP contribution in [0.5, 0.6) is 5.75 Å². The van der Waals surface area contributed by atoms with E-state index in [4.69, 9.17) is 16.3 Å². The Morgan fingerprint density at radius 1 is 1.32 bits per heavy atom. The van der Waals surface area contributed by atoms with E-state index < -0.39 is 17.3 Å². The van der Waals surface area contributed by atoms with Gasteiger partial charge in [-0.2, -0.15) is 5.10 Å². The van der Waals surface area contributed by atoms with Gasteiger partial charge in [0, 0.05) is 29.1 Å². The van der Waals surface area contributed by atoms with Crippen LogP contribution in [-0.2, 0) is 13.0 Å². The Morgan fingerprint density at radius 3 is 2.97 bits per heavy atom. The normalized spacial score (nSPS) is 12.9. The standard InChI is InChI=1S/C24H16ClFN4O4/c25-15-4-3-11(20-14(15)9-28-29-20)10-30-17-8-16(26)12-5-7-34-22(12)19(17)18(21(30)24(32)33)13-2-1-6-27-23(13)31/h1-4,6,8-9H,5,7,10H2,(H,27,31)(H,28,29)(H,32,33). The summed E-state index contributed by atoms with van der Waals surface area (Å²) in [5.41, 5.74) is 1.79. The molecule has 0 saturated carbocycles. The summed E-state index contributed by atoms with van der Waals surface area (Å²) in [5, 5.41) is 18.8. The maximum absolute atomic E-state index is 15.1. The number of nitrogens with zero attached hydrogens (tertiary/aromatic N) is 2. The van der Waals surface area contributed by atoms with Crippen LogP contribution in [0.2, 0.25) is 5.02 Å². The van der Waals surface area contributed by atoms with Gasteiger partial charge in [0.1, 0.15) is 17.3 Å². The number of ether oxygens (including phenoxy) is 1. The number of carboxylic acid groups (broad SMARTS) is 1. The molecule has 8 nitrogen and oxygen atoms in total. The number of pyridine rings is 1. The molecule has 0 spiro atoms. The number of carboxylic acids is 1. The molecule has 0 fully saturated rings. The molecule has 10 heteroatoms. The first-order chi connectivity index (χ1) is 16.5. The minimum absolute atomic E-state index is 0.0664. The van der Waals surface area contributed by atoms with E-state index in [9.17, 15) is 14.7 Å². The zero-order valence-electron chi connectivity index (χ0n) is 17.5. The van der Waals surface area contributed by atoms with Crippen LogP contribution < -0.4 is 10.3 Å². The van der Waals surface area contributed by atoms with Crippen molar-refractivity contribution in [1.82, 2.24) is 19.7 Å². The lowest BCUT2D eigenvalue weighted by molar-refractivity contribution is 0.0687. The van der Waals surface area contributed by atoms with Crippen molar-refractivity contribution >= 4 is 39.4 Å². The van der Waals surface area contributed by atoms with Crippen molar-refractivity contribution in [3.8, 4) is 16.9 Å². The van der Waals surface area contributed by atoms with Crippen LogP contribution in [0.4, 0.5) is 4.39 Å². The van der Waals surface area contributed by atoms with Gasteiger partial charge in [-0.05, 0) is 29.8 Å². The molecule has 0 amide bonds. The third kappa shape index (κ3) is 2.87. The molecule has 2 aromatic carbocycles. The Balaban J connectivity index is 1.73. The molecule has 1 aliphatic heterocycles. The lowest BCUT2D eigenvalue weighted by Gasteiger charge is -2.11. The van der Waals surface area contributed by atoms with Gasteiger partial charge in [-0.3, -0.25) is 9.89 Å². The van der Waals surface area contributed by atoms with Crippen molar-refractivity contribution in [2.45, 2.75) is 13.0 Å². The van der Waals surface area contributed by atoms with Crippen molar-refractivity contribution in [3.63, 3.8) is 0 Å². The first-order valence-corrected chi connectivity index (χ1v) is 10.9. The fraction of sp³-hybridized carbons (Fsp3) is 0.125. The highest BCUT2D eigenvalue weighted by atomic mass is 35.5. The average Bonchev–Trinajstić information content (AvgIpc) is 3.54. The largest absolute Gasteiger partial charge is 0.492 e. The van der Waals surface area contributed by atoms with Gasteiger partial charge in [0.25, 0.3) is 5.56 Å². The SMILES string of the molecule is O=C(O)c1c(-c2ccc[nH]c2=O)c2c3c(c(F)cc2n1Cc1ccc(Cl)c2cn[nH]c12)CCO3. The fourth-order valence-electron chi connectivity index (χ4n) is 4.76. The molecule has 0 unspecified atom stereocenters. The number of nitrogens with one attached hydrogen (secondary N) is 2. The summed E-state index contributed by atoms with van der Waals surface area (Å²) in [6.07, 6.45) is 3.42. The zero-order valence-corrected chi connectivity index (χ0v) is 18.2. The number of fused-ring (bicyclic) bond motifs is 4. The molecule has 4 heterocycles. The van der Waals surface area contributed by atoms with Gasteiger partial charge in [0.2, 0.25) is 0 Å². The zero-order chi connectivity index (χ0) is 23.6. The molecular formula is C24H16ClFN4O4. The molecule has 0 atom stereocenters. The summed E-state index contributed by atoms with van der Waals surface area (Å²) in [7, 11) is 0. The molecule has 170 valence electrons. The van der Waals surface area contributed by atoms with Gasteiger partial charge >= 0.3 is 5.97 Å². The van der Waals surface area contributed by atoms with E-state index in [-0.39, 0.29) is 35.7 Å². The number of rotatable bonds is 4. The number of carbonyl (C=O) groups is 1. The summed E-state index contributed by atoms with van der Waals surface area (Å²) in [5.74, 6) is -1.46. The third-order valence-electron chi connectivity index (χ3n) is 6.22. The molecule has 0 radical (unpaired) electrons. The summed E-state index contributed by atoms with van der Waals surface area (Å²) >= 11 is 6.27. The van der Waals surface area contributed by atoms with Crippen LogP contribution in [0.15, 0.2) is 47.5 Å². The Hall–Kier alpha value is -4.11. The lowest BCUT2D eigenvalue weighted by atomic mass is 10.00. The number of aromatic nitrogens is 4. The number of hydrogen-bond donors (Lipinski definition) is 3. The van der Waals surface area contributed by atoms with Gasteiger partial charge in [-0.25, -0.2) is 9.18 Å². The van der Waals surface area contributed by atoms with Crippen LogP contribution >= 0.6 is 11.6 Å². The summed E-state index contributed by atoms with van der Waals surface area (Å²) < 4.78 is 22.3. The second-order valence-corrected chi connectivity index (χ2v) is 8.46.